The van der Waals surface area contributed by atoms with Gasteiger partial charge in [-0.1, -0.05) is 18.2 Å². The topological polar surface area (TPSA) is 107 Å². The van der Waals surface area contributed by atoms with Crippen molar-refractivity contribution >= 4 is 33.1 Å². The van der Waals surface area contributed by atoms with E-state index >= 15 is 0 Å². The van der Waals surface area contributed by atoms with Gasteiger partial charge in [-0.05, 0) is 30.2 Å². The first-order valence-corrected chi connectivity index (χ1v) is 9.22. The first kappa shape index (κ1) is 21.3. The number of carbonyl (C=O) groups excluding carboxylic acids is 1. The zero-order valence-electron chi connectivity index (χ0n) is 12.8. The van der Waals surface area contributed by atoms with Crippen molar-refractivity contribution in [3.8, 4) is 0 Å². The van der Waals surface area contributed by atoms with Gasteiger partial charge in [0.2, 0.25) is 6.04 Å². The van der Waals surface area contributed by atoms with E-state index in [4.69, 9.17) is 22.4 Å². The van der Waals surface area contributed by atoms with E-state index < -0.39 is 15.6 Å². The summed E-state index contributed by atoms with van der Waals surface area (Å²) in [6.07, 6.45) is 1.93. The highest BCUT2D eigenvalue weighted by Gasteiger charge is 2.36. The van der Waals surface area contributed by atoms with Gasteiger partial charge in [-0.25, -0.2) is 13.2 Å². The minimum Gasteiger partial charge on any atom is -0.741 e. The Bertz CT molecular complexity index is 706. The van der Waals surface area contributed by atoms with Crippen molar-refractivity contribution in [2.75, 3.05) is 19.5 Å². The number of alkyl halides is 3. The summed E-state index contributed by atoms with van der Waals surface area (Å²) < 4.78 is 69.4. The van der Waals surface area contributed by atoms with Crippen LogP contribution in [0.4, 0.5) is 13.2 Å². The van der Waals surface area contributed by atoms with Crippen LogP contribution in [-0.4, -0.2) is 55.2 Å². The average Bonchev–Trinajstić information content (AvgIpc) is 3.00. The normalized spacial score (nSPS) is 17.0. The van der Waals surface area contributed by atoms with Crippen LogP contribution in [0.5, 0.6) is 0 Å². The third-order valence-electron chi connectivity index (χ3n) is 2.63. The average molecular weight is 401 g/mol. The van der Waals surface area contributed by atoms with Crippen LogP contribution in [0.15, 0.2) is 30.3 Å². The molecule has 1 heterocycles. The number of rotatable bonds is 3. The van der Waals surface area contributed by atoms with Gasteiger partial charge in [0.05, 0.1) is 5.56 Å². The van der Waals surface area contributed by atoms with Gasteiger partial charge < -0.3 is 14.0 Å². The molecule has 0 radical (unpaired) electrons. The van der Waals surface area contributed by atoms with E-state index in [1.54, 1.807) is 12.1 Å². The molecule has 7 nitrogen and oxygen atoms in total. The van der Waals surface area contributed by atoms with Gasteiger partial charge in [0, 0.05) is 0 Å². The number of nitrogens with one attached hydrogen (secondary N) is 1. The Morgan fingerprint density at radius 1 is 1.40 bits per heavy atom. The highest BCUT2D eigenvalue weighted by atomic mass is 32.2. The lowest BCUT2D eigenvalue weighted by Crippen LogP contribution is -2.77. The monoisotopic (exact) mass is 401 g/mol. The van der Waals surface area contributed by atoms with E-state index in [-0.39, 0.29) is 12.0 Å². The van der Waals surface area contributed by atoms with Crippen molar-refractivity contribution in [3.05, 3.63) is 35.9 Å². The molecule has 1 N–H and O–H groups in total. The number of esters is 1. The minimum absolute atomic E-state index is 0.0464. The summed E-state index contributed by atoms with van der Waals surface area (Å²) in [5, 5.41) is 0.783. The Kier molecular flexibility index (Phi) is 7.70. The third-order valence-corrected chi connectivity index (χ3v) is 3.80. The molecule has 1 aliphatic rings. The van der Waals surface area contributed by atoms with Crippen LogP contribution in [0.25, 0.3) is 0 Å². The predicted molar refractivity (Wildman–Crippen MR) is 81.7 cm³/mol. The summed E-state index contributed by atoms with van der Waals surface area (Å²) in [6, 6.07) is 9.01. The maximum Gasteiger partial charge on any atom is 0.485 e. The maximum atomic E-state index is 11.6. The highest BCUT2D eigenvalue weighted by Crippen LogP contribution is 2.20. The number of halogens is 3. The second-order valence-corrected chi connectivity index (χ2v) is 6.66. The van der Waals surface area contributed by atoms with Crippen LogP contribution in [0.3, 0.4) is 0 Å². The molecule has 2 rings (SSSR count). The van der Waals surface area contributed by atoms with Crippen LogP contribution >= 0.6 is 11.8 Å². The van der Waals surface area contributed by atoms with E-state index in [2.05, 4.69) is 4.99 Å². The third kappa shape index (κ3) is 7.32. The van der Waals surface area contributed by atoms with Crippen LogP contribution in [0.2, 0.25) is 0 Å². The van der Waals surface area contributed by atoms with E-state index in [9.17, 15) is 18.0 Å². The summed E-state index contributed by atoms with van der Waals surface area (Å²) in [5.74, 6) is -0.301. The van der Waals surface area contributed by atoms with Gasteiger partial charge in [-0.15, -0.1) is 0 Å². The van der Waals surface area contributed by atoms with Gasteiger partial charge in [0.1, 0.15) is 0 Å². The number of benzene rings is 1. The lowest BCUT2D eigenvalue weighted by atomic mass is 10.2. The fourth-order valence-electron chi connectivity index (χ4n) is 1.47. The summed E-state index contributed by atoms with van der Waals surface area (Å²) >= 11 is 1.51. The molecular formula is C13H14F3NO6S2. The van der Waals surface area contributed by atoms with Gasteiger partial charge in [-0.2, -0.15) is 18.2 Å². The molecule has 25 heavy (non-hydrogen) atoms. The van der Waals surface area contributed by atoms with E-state index in [1.165, 1.54) is 11.8 Å². The fourth-order valence-corrected chi connectivity index (χ4v) is 1.94. The highest BCUT2D eigenvalue weighted by molar-refractivity contribution is 8.12. The van der Waals surface area contributed by atoms with Crippen LogP contribution in [0, 0.1) is 0 Å². The van der Waals surface area contributed by atoms with Gasteiger partial charge >= 0.3 is 16.7 Å². The molecule has 0 aliphatic carbocycles. The molecule has 0 saturated carbocycles. The zero-order chi connectivity index (χ0) is 19.1. The van der Waals surface area contributed by atoms with E-state index in [1.807, 2.05) is 24.5 Å². The standard InChI is InChI=1S/C12H13NO3S.CHF3O3S/c1-17-12-13-10(8-16-12)7-15-11(14)9-5-3-2-4-6-9;2-1(3,4)8(5,6)7/h2-6,10H,7-8H2,1H3;(H,5,6,7). The molecular weight excluding hydrogens is 387 g/mol. The summed E-state index contributed by atoms with van der Waals surface area (Å²) in [6.45, 7) is 0.857. The molecule has 0 bridgehead atoms. The Labute approximate surface area is 146 Å². The summed E-state index contributed by atoms with van der Waals surface area (Å²) in [4.78, 5) is 14.8. The molecule has 1 aromatic rings. The van der Waals surface area contributed by atoms with E-state index in [0.29, 0.717) is 18.8 Å². The second-order valence-electron chi connectivity index (χ2n) is 4.51. The lowest BCUT2D eigenvalue weighted by molar-refractivity contribution is -0.490. The molecule has 0 saturated heterocycles. The smallest absolute Gasteiger partial charge is 0.485 e. The summed E-state index contributed by atoms with van der Waals surface area (Å²) in [5.41, 5.74) is -5.08. The van der Waals surface area contributed by atoms with Crippen molar-refractivity contribution in [3.63, 3.8) is 0 Å². The fraction of sp³-hybridized carbons (Fsp3) is 0.385. The molecule has 0 aromatic heterocycles. The van der Waals surface area contributed by atoms with E-state index in [0.717, 1.165) is 5.23 Å². The van der Waals surface area contributed by atoms with Crippen molar-refractivity contribution in [1.82, 2.24) is 0 Å². The predicted octanol–water partition coefficient (Wildman–Crippen LogP) is 0.0932. The SMILES string of the molecule is CSC1=[NH+]C(COC(=O)c2ccccc2)CO1.O=S(=O)([O-])C(F)(F)F. The number of hydrogen-bond acceptors (Lipinski definition) is 7. The molecule has 0 amide bonds. The van der Waals surface area contributed by atoms with Gasteiger partial charge in [0.25, 0.3) is 0 Å². The number of carbonyl (C=O) groups is 1. The molecule has 0 spiro atoms. The minimum atomic E-state index is -6.09. The second kappa shape index (κ2) is 9.06. The van der Waals surface area contributed by atoms with Crippen LogP contribution in [0.1, 0.15) is 10.4 Å². The number of thioether (sulfide) groups is 1. The lowest BCUT2D eigenvalue weighted by Gasteiger charge is -2.08. The maximum absolute atomic E-state index is 11.6. The van der Waals surface area contributed by atoms with Crippen molar-refractivity contribution < 1.29 is 45.4 Å². The zero-order valence-corrected chi connectivity index (χ0v) is 14.4. The Morgan fingerprint density at radius 3 is 2.40 bits per heavy atom. The summed E-state index contributed by atoms with van der Waals surface area (Å²) in [7, 11) is -6.09. The Hall–Kier alpha value is -1.79. The number of ether oxygens (including phenoxy) is 2. The first-order chi connectivity index (χ1) is 11.5. The molecule has 1 atom stereocenters. The van der Waals surface area contributed by atoms with Crippen molar-refractivity contribution in [2.45, 2.75) is 11.6 Å². The molecule has 0 fully saturated rings. The molecule has 140 valence electrons. The molecule has 12 heteroatoms. The first-order valence-electron chi connectivity index (χ1n) is 6.59. The molecule has 1 unspecified atom stereocenters. The van der Waals surface area contributed by atoms with Crippen molar-refractivity contribution in [2.24, 2.45) is 0 Å². The molecule has 1 aromatic carbocycles. The van der Waals surface area contributed by atoms with Gasteiger partial charge in [-0.3, -0.25) is 0 Å². The number of hydrogen-bond donors (Lipinski definition) is 1. The van der Waals surface area contributed by atoms with Crippen LogP contribution < -0.4 is 4.99 Å². The van der Waals surface area contributed by atoms with Crippen LogP contribution in [-0.2, 0) is 19.6 Å². The largest absolute Gasteiger partial charge is 0.741 e. The molecule has 1 aliphatic heterocycles. The van der Waals surface area contributed by atoms with Crippen molar-refractivity contribution in [1.29, 1.82) is 0 Å². The van der Waals surface area contributed by atoms with Gasteiger partial charge in [0.15, 0.2) is 23.3 Å². The Balaban J connectivity index is 0.000000333. The Morgan fingerprint density at radius 2 is 1.96 bits per heavy atom. The quantitative estimate of drug-likeness (QED) is 0.435.